The van der Waals surface area contributed by atoms with Gasteiger partial charge in [-0.25, -0.2) is 8.42 Å². The Balaban J connectivity index is 1.49. The second kappa shape index (κ2) is 8.61. The number of aromatic nitrogens is 1. The molecule has 7 nitrogen and oxygen atoms in total. The molecule has 166 valence electrons. The van der Waals surface area contributed by atoms with Gasteiger partial charge in [0.15, 0.2) is 0 Å². The fourth-order valence-electron chi connectivity index (χ4n) is 4.50. The van der Waals surface area contributed by atoms with Crippen LogP contribution in [0.3, 0.4) is 0 Å². The Morgan fingerprint density at radius 3 is 2.62 bits per heavy atom. The van der Waals surface area contributed by atoms with Gasteiger partial charge < -0.3 is 10.1 Å². The molecule has 1 N–H and O–H groups in total. The summed E-state index contributed by atoms with van der Waals surface area (Å²) < 4.78 is 32.7. The van der Waals surface area contributed by atoms with Crippen molar-refractivity contribution in [2.75, 3.05) is 31.6 Å². The predicted octanol–water partition coefficient (Wildman–Crippen LogP) is 3.39. The molecule has 2 aliphatic rings. The number of hydrogen-bond donors (Lipinski definition) is 1. The van der Waals surface area contributed by atoms with E-state index in [0.29, 0.717) is 37.6 Å². The predicted molar refractivity (Wildman–Crippen MR) is 122 cm³/mol. The molecule has 0 atom stereocenters. The Hall–Kier alpha value is -2.81. The highest BCUT2D eigenvalue weighted by atomic mass is 32.2. The first-order valence-electron chi connectivity index (χ1n) is 10.9. The lowest BCUT2D eigenvalue weighted by molar-refractivity contribution is 0.0730. The molecule has 5 rings (SSSR count). The number of rotatable bonds is 4. The van der Waals surface area contributed by atoms with Crippen molar-refractivity contribution in [2.45, 2.75) is 30.6 Å². The van der Waals surface area contributed by atoms with Gasteiger partial charge in [-0.1, -0.05) is 24.3 Å². The molecular weight excluding hydrogens is 426 g/mol. The summed E-state index contributed by atoms with van der Waals surface area (Å²) in [4.78, 5) is 18.4. The highest BCUT2D eigenvalue weighted by Gasteiger charge is 2.27. The Morgan fingerprint density at radius 1 is 1.00 bits per heavy atom. The van der Waals surface area contributed by atoms with Gasteiger partial charge in [0.05, 0.1) is 29.2 Å². The molecule has 1 aromatic heterocycles. The number of ether oxygens (including phenoxy) is 1. The Labute approximate surface area is 187 Å². The van der Waals surface area contributed by atoms with Gasteiger partial charge in [-0.3, -0.25) is 9.78 Å². The largest absolute Gasteiger partial charge is 0.379 e. The third kappa shape index (κ3) is 3.90. The number of sulfonamides is 1. The van der Waals surface area contributed by atoms with E-state index in [-0.39, 0.29) is 10.8 Å². The molecule has 1 saturated heterocycles. The smallest absolute Gasteiger partial charge is 0.256 e. The van der Waals surface area contributed by atoms with Crippen molar-refractivity contribution in [3.63, 3.8) is 0 Å². The minimum atomic E-state index is -3.64. The van der Waals surface area contributed by atoms with Crippen LogP contribution in [0.25, 0.3) is 10.9 Å². The molecule has 0 radical (unpaired) electrons. The Kier molecular flexibility index (Phi) is 5.67. The third-order valence-corrected chi connectivity index (χ3v) is 7.99. The highest BCUT2D eigenvalue weighted by Crippen LogP contribution is 2.30. The minimum Gasteiger partial charge on any atom is -0.379 e. The number of amides is 1. The molecule has 2 heterocycles. The second-order valence-corrected chi connectivity index (χ2v) is 10.1. The van der Waals surface area contributed by atoms with Gasteiger partial charge in [0.1, 0.15) is 0 Å². The first kappa shape index (κ1) is 21.1. The van der Waals surface area contributed by atoms with Crippen LogP contribution in [0.5, 0.6) is 0 Å². The zero-order valence-corrected chi connectivity index (χ0v) is 18.5. The molecule has 2 aromatic carbocycles. The SMILES string of the molecule is O=C(Nc1cccc(S(=O)(=O)N2CCOCC2)c1)c1c2c(nc3ccccc13)CCCC2. The number of morpholine rings is 1. The normalized spacial score (nSPS) is 17.1. The topological polar surface area (TPSA) is 88.6 Å². The number of fused-ring (bicyclic) bond motifs is 2. The van der Waals surface area contributed by atoms with Crippen LogP contribution in [-0.2, 0) is 27.6 Å². The van der Waals surface area contributed by atoms with Crippen LogP contribution in [-0.4, -0.2) is 49.9 Å². The van der Waals surface area contributed by atoms with E-state index in [2.05, 4.69) is 5.32 Å². The molecule has 1 fully saturated rings. The van der Waals surface area contributed by atoms with Crippen LogP contribution in [0.4, 0.5) is 5.69 Å². The zero-order chi connectivity index (χ0) is 22.1. The van der Waals surface area contributed by atoms with Crippen LogP contribution in [0, 0.1) is 0 Å². The summed E-state index contributed by atoms with van der Waals surface area (Å²) in [5, 5.41) is 3.76. The quantitative estimate of drug-likeness (QED) is 0.657. The first-order chi connectivity index (χ1) is 15.5. The molecule has 3 aromatic rings. The van der Waals surface area contributed by atoms with Gasteiger partial charge in [-0.15, -0.1) is 0 Å². The maximum absolute atomic E-state index is 13.4. The Bertz CT molecular complexity index is 1280. The molecule has 1 aliphatic carbocycles. The van der Waals surface area contributed by atoms with Crippen molar-refractivity contribution in [3.05, 3.63) is 65.4 Å². The molecule has 0 saturated carbocycles. The summed E-state index contributed by atoms with van der Waals surface area (Å²) in [5.41, 5.74) is 3.90. The molecule has 0 bridgehead atoms. The molecule has 8 heteroatoms. The maximum atomic E-state index is 13.4. The monoisotopic (exact) mass is 451 g/mol. The van der Waals surface area contributed by atoms with Crippen LogP contribution in [0.15, 0.2) is 53.4 Å². The van der Waals surface area contributed by atoms with Crippen LogP contribution in [0.1, 0.15) is 34.5 Å². The molecule has 1 amide bonds. The van der Waals surface area contributed by atoms with E-state index in [4.69, 9.17) is 9.72 Å². The first-order valence-corrected chi connectivity index (χ1v) is 12.4. The van der Waals surface area contributed by atoms with Gasteiger partial charge >= 0.3 is 0 Å². The summed E-state index contributed by atoms with van der Waals surface area (Å²) in [7, 11) is -3.64. The number of benzene rings is 2. The molecular formula is C24H25N3O4S. The van der Waals surface area contributed by atoms with Gasteiger partial charge in [0.2, 0.25) is 10.0 Å². The number of carbonyl (C=O) groups is 1. The molecule has 32 heavy (non-hydrogen) atoms. The number of hydrogen-bond acceptors (Lipinski definition) is 5. The maximum Gasteiger partial charge on any atom is 0.256 e. The summed E-state index contributed by atoms with van der Waals surface area (Å²) in [6, 6.07) is 14.1. The number of para-hydroxylation sites is 1. The molecule has 0 unspecified atom stereocenters. The van der Waals surface area contributed by atoms with E-state index in [1.165, 1.54) is 10.4 Å². The zero-order valence-electron chi connectivity index (χ0n) is 17.7. The number of nitrogens with zero attached hydrogens (tertiary/aromatic N) is 2. The summed E-state index contributed by atoms with van der Waals surface area (Å²) in [6.07, 6.45) is 3.79. The lowest BCUT2D eigenvalue weighted by Crippen LogP contribution is -2.40. The number of carbonyl (C=O) groups excluding carboxylic acids is 1. The fourth-order valence-corrected chi connectivity index (χ4v) is 5.95. The number of pyridine rings is 1. The summed E-state index contributed by atoms with van der Waals surface area (Å²) in [6.45, 7) is 1.42. The van der Waals surface area contributed by atoms with E-state index in [0.717, 1.165) is 47.8 Å². The second-order valence-electron chi connectivity index (χ2n) is 8.13. The highest BCUT2D eigenvalue weighted by molar-refractivity contribution is 7.89. The van der Waals surface area contributed by atoms with E-state index >= 15 is 0 Å². The summed E-state index contributed by atoms with van der Waals surface area (Å²) in [5.74, 6) is -0.234. The third-order valence-electron chi connectivity index (χ3n) is 6.10. The Morgan fingerprint density at radius 2 is 1.78 bits per heavy atom. The van der Waals surface area contributed by atoms with E-state index in [1.54, 1.807) is 18.2 Å². The summed E-state index contributed by atoms with van der Waals surface area (Å²) >= 11 is 0. The minimum absolute atomic E-state index is 0.166. The van der Waals surface area contributed by atoms with Gasteiger partial charge in [0, 0.05) is 29.9 Å². The van der Waals surface area contributed by atoms with E-state index in [9.17, 15) is 13.2 Å². The average molecular weight is 452 g/mol. The van der Waals surface area contributed by atoms with Crippen molar-refractivity contribution in [1.82, 2.24) is 9.29 Å². The fraction of sp³-hybridized carbons (Fsp3) is 0.333. The number of nitrogens with one attached hydrogen (secondary N) is 1. The average Bonchev–Trinajstić information content (AvgIpc) is 2.83. The van der Waals surface area contributed by atoms with Gasteiger partial charge in [-0.2, -0.15) is 4.31 Å². The van der Waals surface area contributed by atoms with Crippen molar-refractivity contribution in [3.8, 4) is 0 Å². The number of aryl methyl sites for hydroxylation is 1. The van der Waals surface area contributed by atoms with Gasteiger partial charge in [-0.05, 0) is 55.5 Å². The standard InChI is InChI=1S/C24H25N3O4S/c28-24(23-19-8-1-3-10-21(19)26-22-11-4-2-9-20(22)23)25-17-6-5-7-18(16-17)32(29,30)27-12-14-31-15-13-27/h1,3,5-8,10,16H,2,4,9,11-15H2,(H,25,28). The lowest BCUT2D eigenvalue weighted by Gasteiger charge is -2.26. The van der Waals surface area contributed by atoms with E-state index < -0.39 is 10.0 Å². The van der Waals surface area contributed by atoms with Crippen molar-refractivity contribution in [2.24, 2.45) is 0 Å². The van der Waals surface area contributed by atoms with Crippen molar-refractivity contribution < 1.29 is 17.9 Å². The lowest BCUT2D eigenvalue weighted by atomic mass is 9.89. The van der Waals surface area contributed by atoms with Gasteiger partial charge in [0.25, 0.3) is 5.91 Å². The van der Waals surface area contributed by atoms with E-state index in [1.807, 2.05) is 24.3 Å². The number of anilines is 1. The molecule has 1 aliphatic heterocycles. The van der Waals surface area contributed by atoms with Crippen LogP contribution in [0.2, 0.25) is 0 Å². The van der Waals surface area contributed by atoms with Crippen molar-refractivity contribution in [1.29, 1.82) is 0 Å². The van der Waals surface area contributed by atoms with Crippen LogP contribution >= 0.6 is 0 Å². The molecule has 0 spiro atoms. The van der Waals surface area contributed by atoms with Crippen LogP contribution < -0.4 is 5.32 Å². The van der Waals surface area contributed by atoms with Crippen molar-refractivity contribution >= 4 is 32.5 Å².